The molecule has 1 saturated carbocycles. The predicted molar refractivity (Wildman–Crippen MR) is 84.9 cm³/mol. The highest BCUT2D eigenvalue weighted by molar-refractivity contribution is 5.83. The maximum Gasteiger partial charge on any atom is 0.226 e. The number of hydrogen-bond donors (Lipinski definition) is 0. The van der Waals surface area contributed by atoms with Crippen LogP contribution in [0.5, 0.6) is 0 Å². The highest BCUT2D eigenvalue weighted by Gasteiger charge is 2.46. The van der Waals surface area contributed by atoms with Crippen molar-refractivity contribution in [2.24, 2.45) is 13.0 Å². The first-order valence-corrected chi connectivity index (χ1v) is 8.01. The average Bonchev–Trinajstić information content (AvgIpc) is 3.29. The SMILES string of the molecule is Cn1cc([C@@H]2C[C@H]2C(=O)N2CCN(c3ncccn3)CC2)cn1. The summed E-state index contributed by atoms with van der Waals surface area (Å²) in [7, 11) is 1.91. The average molecular weight is 312 g/mol. The Morgan fingerprint density at radius 3 is 2.57 bits per heavy atom. The molecular weight excluding hydrogens is 292 g/mol. The Morgan fingerprint density at radius 2 is 1.91 bits per heavy atom. The van der Waals surface area contributed by atoms with E-state index in [4.69, 9.17) is 0 Å². The number of nitrogens with zero attached hydrogens (tertiary/aromatic N) is 6. The largest absolute Gasteiger partial charge is 0.339 e. The van der Waals surface area contributed by atoms with Crippen LogP contribution in [0.1, 0.15) is 17.9 Å². The van der Waals surface area contributed by atoms with Gasteiger partial charge in [-0.15, -0.1) is 0 Å². The Bertz CT molecular complexity index is 692. The lowest BCUT2D eigenvalue weighted by molar-refractivity contribution is -0.133. The predicted octanol–water partition coefficient (Wildman–Crippen LogP) is 0.662. The summed E-state index contributed by atoms with van der Waals surface area (Å²) in [6, 6.07) is 1.81. The van der Waals surface area contributed by atoms with Crippen molar-refractivity contribution in [1.82, 2.24) is 24.6 Å². The third-order valence-corrected chi connectivity index (χ3v) is 4.69. The normalized spacial score (nSPS) is 23.9. The van der Waals surface area contributed by atoms with Crippen molar-refractivity contribution >= 4 is 11.9 Å². The van der Waals surface area contributed by atoms with Gasteiger partial charge in [-0.3, -0.25) is 9.48 Å². The van der Waals surface area contributed by atoms with Gasteiger partial charge in [0.05, 0.1) is 6.20 Å². The fourth-order valence-corrected chi connectivity index (χ4v) is 3.28. The molecule has 2 fully saturated rings. The van der Waals surface area contributed by atoms with Gasteiger partial charge in [0.2, 0.25) is 11.9 Å². The van der Waals surface area contributed by atoms with Crippen molar-refractivity contribution in [3.05, 3.63) is 36.4 Å². The number of aryl methyl sites for hydroxylation is 1. The summed E-state index contributed by atoms with van der Waals surface area (Å²) in [4.78, 5) is 25.3. The molecule has 2 atom stereocenters. The lowest BCUT2D eigenvalue weighted by Gasteiger charge is -2.34. The Hall–Kier alpha value is -2.44. The Labute approximate surface area is 134 Å². The summed E-state index contributed by atoms with van der Waals surface area (Å²) in [6.07, 6.45) is 8.35. The molecule has 4 rings (SSSR count). The summed E-state index contributed by atoms with van der Waals surface area (Å²) in [5.41, 5.74) is 1.18. The van der Waals surface area contributed by atoms with Crippen LogP contribution in [0.15, 0.2) is 30.9 Å². The number of aromatic nitrogens is 4. The number of carbonyl (C=O) groups excluding carboxylic acids is 1. The van der Waals surface area contributed by atoms with E-state index in [-0.39, 0.29) is 11.8 Å². The van der Waals surface area contributed by atoms with E-state index in [1.807, 2.05) is 30.4 Å². The minimum absolute atomic E-state index is 0.138. The minimum atomic E-state index is 0.138. The van der Waals surface area contributed by atoms with Crippen molar-refractivity contribution in [2.75, 3.05) is 31.1 Å². The zero-order valence-electron chi connectivity index (χ0n) is 13.2. The molecule has 0 spiro atoms. The molecule has 1 aliphatic carbocycles. The van der Waals surface area contributed by atoms with Crippen LogP contribution in [0, 0.1) is 5.92 Å². The molecular formula is C16H20N6O. The molecule has 2 aromatic heterocycles. The van der Waals surface area contributed by atoms with Crippen LogP contribution in [0.3, 0.4) is 0 Å². The molecule has 0 N–H and O–H groups in total. The van der Waals surface area contributed by atoms with E-state index >= 15 is 0 Å². The van der Waals surface area contributed by atoms with Crippen LogP contribution < -0.4 is 4.90 Å². The van der Waals surface area contributed by atoms with E-state index in [2.05, 4.69) is 20.0 Å². The molecule has 2 aromatic rings. The molecule has 0 bridgehead atoms. The summed E-state index contributed by atoms with van der Waals surface area (Å²) >= 11 is 0. The monoisotopic (exact) mass is 312 g/mol. The minimum Gasteiger partial charge on any atom is -0.339 e. The number of anilines is 1. The molecule has 0 unspecified atom stereocenters. The van der Waals surface area contributed by atoms with Gasteiger partial charge in [-0.1, -0.05) is 0 Å². The lowest BCUT2D eigenvalue weighted by atomic mass is 10.1. The number of rotatable bonds is 3. The number of amides is 1. The van der Waals surface area contributed by atoms with E-state index in [9.17, 15) is 4.79 Å². The zero-order chi connectivity index (χ0) is 15.8. The van der Waals surface area contributed by atoms with Gasteiger partial charge >= 0.3 is 0 Å². The fourth-order valence-electron chi connectivity index (χ4n) is 3.28. The molecule has 7 nitrogen and oxygen atoms in total. The van der Waals surface area contributed by atoms with Crippen molar-refractivity contribution in [3.8, 4) is 0 Å². The van der Waals surface area contributed by atoms with E-state index in [1.165, 1.54) is 5.56 Å². The van der Waals surface area contributed by atoms with Crippen LogP contribution in [0.25, 0.3) is 0 Å². The Balaban J connectivity index is 1.33. The van der Waals surface area contributed by atoms with Crippen LogP contribution in [0.2, 0.25) is 0 Å². The first kappa shape index (κ1) is 14.2. The van der Waals surface area contributed by atoms with Gasteiger partial charge in [-0.25, -0.2) is 9.97 Å². The first-order chi connectivity index (χ1) is 11.2. The molecule has 1 aliphatic heterocycles. The molecule has 7 heteroatoms. The maximum atomic E-state index is 12.6. The van der Waals surface area contributed by atoms with Gasteiger partial charge in [0, 0.05) is 57.7 Å². The third-order valence-electron chi connectivity index (χ3n) is 4.69. The molecule has 0 aromatic carbocycles. The number of carbonyl (C=O) groups is 1. The summed E-state index contributed by atoms with van der Waals surface area (Å²) < 4.78 is 1.80. The number of piperazine rings is 1. The number of hydrogen-bond acceptors (Lipinski definition) is 5. The van der Waals surface area contributed by atoms with E-state index < -0.39 is 0 Å². The van der Waals surface area contributed by atoms with Crippen molar-refractivity contribution in [3.63, 3.8) is 0 Å². The fraction of sp³-hybridized carbons (Fsp3) is 0.500. The summed E-state index contributed by atoms with van der Waals surface area (Å²) in [5.74, 6) is 1.53. The molecule has 120 valence electrons. The van der Waals surface area contributed by atoms with Crippen LogP contribution >= 0.6 is 0 Å². The van der Waals surface area contributed by atoms with E-state index in [0.717, 1.165) is 38.5 Å². The van der Waals surface area contributed by atoms with Gasteiger partial charge in [0.1, 0.15) is 0 Å². The van der Waals surface area contributed by atoms with Crippen molar-refractivity contribution in [2.45, 2.75) is 12.3 Å². The second-order valence-corrected chi connectivity index (χ2v) is 6.26. The third kappa shape index (κ3) is 2.78. The van der Waals surface area contributed by atoms with Gasteiger partial charge < -0.3 is 9.80 Å². The second-order valence-electron chi connectivity index (χ2n) is 6.26. The van der Waals surface area contributed by atoms with Crippen LogP contribution in [-0.4, -0.2) is 56.7 Å². The summed E-state index contributed by atoms with van der Waals surface area (Å²) in [6.45, 7) is 3.07. The molecule has 0 radical (unpaired) electrons. The standard InChI is InChI=1S/C16H20N6O/c1-20-11-12(10-19-20)13-9-14(13)15(23)21-5-7-22(8-6-21)16-17-3-2-4-18-16/h2-4,10-11,13-14H,5-9H2,1H3/t13-,14+/m0/s1. The van der Waals surface area contributed by atoms with Crippen molar-refractivity contribution < 1.29 is 4.79 Å². The van der Waals surface area contributed by atoms with Gasteiger partial charge in [-0.05, 0) is 24.0 Å². The van der Waals surface area contributed by atoms with E-state index in [0.29, 0.717) is 5.92 Å². The van der Waals surface area contributed by atoms with E-state index in [1.54, 1.807) is 17.1 Å². The Kier molecular flexibility index (Phi) is 3.48. The smallest absolute Gasteiger partial charge is 0.226 e. The van der Waals surface area contributed by atoms with Crippen LogP contribution in [0.4, 0.5) is 5.95 Å². The second kappa shape index (κ2) is 5.64. The molecule has 3 heterocycles. The zero-order valence-corrected chi connectivity index (χ0v) is 13.2. The van der Waals surface area contributed by atoms with Gasteiger partial charge in [0.15, 0.2) is 0 Å². The summed E-state index contributed by atoms with van der Waals surface area (Å²) in [5, 5.41) is 4.20. The van der Waals surface area contributed by atoms with Gasteiger partial charge in [0.25, 0.3) is 0 Å². The topological polar surface area (TPSA) is 67.2 Å². The molecule has 1 amide bonds. The van der Waals surface area contributed by atoms with Crippen LogP contribution in [-0.2, 0) is 11.8 Å². The van der Waals surface area contributed by atoms with Crippen molar-refractivity contribution in [1.29, 1.82) is 0 Å². The molecule has 23 heavy (non-hydrogen) atoms. The maximum absolute atomic E-state index is 12.6. The highest BCUT2D eigenvalue weighted by Crippen LogP contribution is 2.48. The molecule has 1 saturated heterocycles. The highest BCUT2D eigenvalue weighted by atomic mass is 16.2. The molecule has 2 aliphatic rings. The van der Waals surface area contributed by atoms with Gasteiger partial charge in [-0.2, -0.15) is 5.10 Å². The Morgan fingerprint density at radius 1 is 1.17 bits per heavy atom. The first-order valence-electron chi connectivity index (χ1n) is 8.01. The lowest BCUT2D eigenvalue weighted by Crippen LogP contribution is -2.49. The quantitative estimate of drug-likeness (QED) is 0.833.